The minimum Gasteiger partial charge on any atom is -0.381 e. The van der Waals surface area contributed by atoms with Gasteiger partial charge >= 0.3 is 0 Å². The van der Waals surface area contributed by atoms with Crippen molar-refractivity contribution < 1.29 is 4.74 Å². The number of nitrogens with zero attached hydrogens (tertiary/aromatic N) is 2. The molecule has 0 aromatic carbocycles. The standard InChI is InChI=1S/C17H32N4OS/c1-5-7-10-22-11-8-9-19-17(18-6-2)20-12-16-21-15(13-23-16)14(3)4/h13-14H,5-12H2,1-4H3,(H2,18,19,20). The second-order valence-corrected chi connectivity index (χ2v) is 6.70. The van der Waals surface area contributed by atoms with Crippen molar-refractivity contribution in [2.24, 2.45) is 4.99 Å². The van der Waals surface area contributed by atoms with E-state index in [1.165, 1.54) is 6.42 Å². The number of aliphatic imine (C=N–C) groups is 1. The van der Waals surface area contributed by atoms with Crippen LogP contribution in [-0.4, -0.2) is 37.2 Å². The van der Waals surface area contributed by atoms with Gasteiger partial charge in [-0.15, -0.1) is 11.3 Å². The van der Waals surface area contributed by atoms with Gasteiger partial charge in [-0.1, -0.05) is 27.2 Å². The van der Waals surface area contributed by atoms with Crippen LogP contribution in [0.15, 0.2) is 10.4 Å². The molecule has 5 nitrogen and oxygen atoms in total. The minimum atomic E-state index is 0.475. The fraction of sp³-hybridized carbons (Fsp3) is 0.765. The third-order valence-electron chi connectivity index (χ3n) is 3.28. The molecule has 132 valence electrons. The van der Waals surface area contributed by atoms with Gasteiger partial charge in [-0.05, 0) is 25.7 Å². The molecule has 0 amide bonds. The molecular weight excluding hydrogens is 308 g/mol. The second-order valence-electron chi connectivity index (χ2n) is 5.76. The van der Waals surface area contributed by atoms with Gasteiger partial charge in [0.05, 0.1) is 12.2 Å². The van der Waals surface area contributed by atoms with Crippen molar-refractivity contribution in [3.8, 4) is 0 Å². The first-order chi connectivity index (χ1) is 11.2. The number of thiazole rings is 1. The number of ether oxygens (including phenoxy) is 1. The van der Waals surface area contributed by atoms with Crippen molar-refractivity contribution >= 4 is 17.3 Å². The van der Waals surface area contributed by atoms with Crippen LogP contribution in [0.1, 0.15) is 63.6 Å². The number of hydrogen-bond donors (Lipinski definition) is 2. The van der Waals surface area contributed by atoms with Crippen LogP contribution in [0.3, 0.4) is 0 Å². The first-order valence-corrected chi connectivity index (χ1v) is 9.59. The molecule has 1 heterocycles. The molecule has 23 heavy (non-hydrogen) atoms. The molecule has 0 radical (unpaired) electrons. The van der Waals surface area contributed by atoms with Crippen molar-refractivity contribution in [2.75, 3.05) is 26.3 Å². The van der Waals surface area contributed by atoms with E-state index >= 15 is 0 Å². The zero-order valence-corrected chi connectivity index (χ0v) is 15.8. The Morgan fingerprint density at radius 3 is 2.70 bits per heavy atom. The van der Waals surface area contributed by atoms with E-state index in [1.807, 2.05) is 0 Å². The average molecular weight is 341 g/mol. The highest BCUT2D eigenvalue weighted by Gasteiger charge is 2.05. The summed E-state index contributed by atoms with van der Waals surface area (Å²) in [7, 11) is 0. The van der Waals surface area contributed by atoms with Gasteiger partial charge in [0.25, 0.3) is 0 Å². The van der Waals surface area contributed by atoms with Crippen LogP contribution in [0, 0.1) is 0 Å². The summed E-state index contributed by atoms with van der Waals surface area (Å²) in [5, 5.41) is 9.81. The third kappa shape index (κ3) is 8.91. The molecule has 0 aliphatic carbocycles. The highest BCUT2D eigenvalue weighted by atomic mass is 32.1. The average Bonchev–Trinajstić information content (AvgIpc) is 3.01. The molecular formula is C17H32N4OS. The molecule has 1 aromatic heterocycles. The fourth-order valence-electron chi connectivity index (χ4n) is 1.88. The zero-order valence-electron chi connectivity index (χ0n) is 15.0. The van der Waals surface area contributed by atoms with Gasteiger partial charge in [0.15, 0.2) is 5.96 Å². The molecule has 0 aliphatic heterocycles. The Morgan fingerprint density at radius 2 is 2.04 bits per heavy atom. The number of rotatable bonds is 11. The maximum Gasteiger partial charge on any atom is 0.191 e. The minimum absolute atomic E-state index is 0.475. The number of unbranched alkanes of at least 4 members (excludes halogenated alkanes) is 1. The largest absolute Gasteiger partial charge is 0.381 e. The Labute approximate surface area is 145 Å². The summed E-state index contributed by atoms with van der Waals surface area (Å²) in [6.45, 7) is 12.6. The smallest absolute Gasteiger partial charge is 0.191 e. The van der Waals surface area contributed by atoms with Gasteiger partial charge in [0, 0.05) is 31.7 Å². The molecule has 0 spiro atoms. The third-order valence-corrected chi connectivity index (χ3v) is 4.13. The quantitative estimate of drug-likeness (QED) is 0.367. The molecule has 0 aliphatic rings. The Balaban J connectivity index is 2.31. The molecule has 0 fully saturated rings. The zero-order chi connectivity index (χ0) is 16.9. The fourth-order valence-corrected chi connectivity index (χ4v) is 2.76. The normalized spacial score (nSPS) is 12.0. The Bertz CT molecular complexity index is 446. The summed E-state index contributed by atoms with van der Waals surface area (Å²) < 4.78 is 5.56. The molecule has 2 N–H and O–H groups in total. The van der Waals surface area contributed by atoms with Crippen molar-refractivity contribution in [3.05, 3.63) is 16.1 Å². The van der Waals surface area contributed by atoms with E-state index in [9.17, 15) is 0 Å². The lowest BCUT2D eigenvalue weighted by Crippen LogP contribution is -2.38. The summed E-state index contributed by atoms with van der Waals surface area (Å²) >= 11 is 1.68. The molecule has 1 aromatic rings. The summed E-state index contributed by atoms with van der Waals surface area (Å²) in [4.78, 5) is 9.22. The van der Waals surface area contributed by atoms with Gasteiger partial charge in [0.1, 0.15) is 5.01 Å². The van der Waals surface area contributed by atoms with Crippen LogP contribution in [0.4, 0.5) is 0 Å². The van der Waals surface area contributed by atoms with Crippen molar-refractivity contribution in [1.29, 1.82) is 0 Å². The molecule has 0 saturated heterocycles. The molecule has 1 rings (SSSR count). The van der Waals surface area contributed by atoms with Gasteiger partial charge in [0.2, 0.25) is 0 Å². The van der Waals surface area contributed by atoms with Crippen LogP contribution in [0.25, 0.3) is 0 Å². The second kappa shape index (κ2) is 12.3. The van der Waals surface area contributed by atoms with E-state index in [-0.39, 0.29) is 0 Å². The van der Waals surface area contributed by atoms with Crippen molar-refractivity contribution in [3.63, 3.8) is 0 Å². The monoisotopic (exact) mass is 340 g/mol. The maximum absolute atomic E-state index is 5.56. The molecule has 0 bridgehead atoms. The number of aromatic nitrogens is 1. The van der Waals surface area contributed by atoms with E-state index in [0.29, 0.717) is 12.5 Å². The van der Waals surface area contributed by atoms with Crippen molar-refractivity contribution in [1.82, 2.24) is 15.6 Å². The first-order valence-electron chi connectivity index (χ1n) is 8.71. The lowest BCUT2D eigenvalue weighted by atomic mass is 10.2. The van der Waals surface area contributed by atoms with E-state index in [0.717, 1.165) is 55.8 Å². The number of hydrogen-bond acceptors (Lipinski definition) is 4. The van der Waals surface area contributed by atoms with Gasteiger partial charge in [-0.25, -0.2) is 9.98 Å². The molecule has 6 heteroatoms. The Kier molecular flexibility index (Phi) is 10.6. The highest BCUT2D eigenvalue weighted by Crippen LogP contribution is 2.18. The maximum atomic E-state index is 5.56. The van der Waals surface area contributed by atoms with Gasteiger partial charge in [-0.2, -0.15) is 0 Å². The lowest BCUT2D eigenvalue weighted by Gasteiger charge is -2.11. The number of nitrogens with one attached hydrogen (secondary N) is 2. The van der Waals surface area contributed by atoms with Crippen LogP contribution in [0.5, 0.6) is 0 Å². The summed E-state index contributed by atoms with van der Waals surface area (Å²) in [5.74, 6) is 1.32. The van der Waals surface area contributed by atoms with Gasteiger partial charge in [-0.3, -0.25) is 0 Å². The van der Waals surface area contributed by atoms with Crippen LogP contribution in [-0.2, 0) is 11.3 Å². The highest BCUT2D eigenvalue weighted by molar-refractivity contribution is 7.09. The summed E-state index contributed by atoms with van der Waals surface area (Å²) in [6, 6.07) is 0. The molecule has 0 atom stereocenters. The van der Waals surface area contributed by atoms with E-state index in [2.05, 4.69) is 53.7 Å². The number of guanidine groups is 1. The Morgan fingerprint density at radius 1 is 1.26 bits per heavy atom. The molecule has 0 saturated carbocycles. The summed E-state index contributed by atoms with van der Waals surface area (Å²) in [6.07, 6.45) is 3.32. The SMILES string of the molecule is CCCCOCCCNC(=NCc1nc(C(C)C)cs1)NCC. The summed E-state index contributed by atoms with van der Waals surface area (Å²) in [5.41, 5.74) is 1.15. The van der Waals surface area contributed by atoms with Crippen molar-refractivity contribution in [2.45, 2.75) is 59.4 Å². The molecule has 0 unspecified atom stereocenters. The van der Waals surface area contributed by atoms with E-state index in [4.69, 9.17) is 4.74 Å². The predicted octanol–water partition coefficient (Wildman–Crippen LogP) is 3.53. The first kappa shape index (κ1) is 19.9. The van der Waals surface area contributed by atoms with E-state index < -0.39 is 0 Å². The van der Waals surface area contributed by atoms with Crippen LogP contribution < -0.4 is 10.6 Å². The Hall–Kier alpha value is -1.14. The lowest BCUT2D eigenvalue weighted by molar-refractivity contribution is 0.129. The van der Waals surface area contributed by atoms with E-state index in [1.54, 1.807) is 11.3 Å². The van der Waals surface area contributed by atoms with Crippen LogP contribution >= 0.6 is 11.3 Å². The topological polar surface area (TPSA) is 58.5 Å². The van der Waals surface area contributed by atoms with Gasteiger partial charge < -0.3 is 15.4 Å². The predicted molar refractivity (Wildman–Crippen MR) is 99.4 cm³/mol. The van der Waals surface area contributed by atoms with Crippen LogP contribution in [0.2, 0.25) is 0 Å².